The van der Waals surface area contributed by atoms with Gasteiger partial charge in [0.15, 0.2) is 0 Å². The molecule has 0 spiro atoms. The van der Waals surface area contributed by atoms with Gasteiger partial charge in [0.2, 0.25) is 0 Å². The minimum absolute atomic E-state index is 0.0180. The number of nitrogens with zero attached hydrogens (tertiary/aromatic N) is 1. The molecule has 0 aliphatic carbocycles. The first-order valence-electron chi connectivity index (χ1n) is 8.78. The minimum Gasteiger partial charge on any atom is -0.339 e. The van der Waals surface area contributed by atoms with Gasteiger partial charge < -0.3 is 4.90 Å². The molecule has 0 aliphatic rings. The van der Waals surface area contributed by atoms with Gasteiger partial charge in [-0.15, -0.1) is 0 Å². The van der Waals surface area contributed by atoms with Gasteiger partial charge in [-0.3, -0.25) is 4.79 Å². The molecule has 2 heteroatoms. The van der Waals surface area contributed by atoms with Gasteiger partial charge in [0.05, 0.1) is 0 Å². The van der Waals surface area contributed by atoms with Gasteiger partial charge >= 0.3 is 0 Å². The van der Waals surface area contributed by atoms with E-state index in [0.29, 0.717) is 0 Å². The number of carbonyl (C=O) groups is 1. The number of carbonyl (C=O) groups excluding carboxylic acids is 1. The first-order chi connectivity index (χ1) is 11.3. The molecular weight excluding hydrogens is 294 g/mol. The van der Waals surface area contributed by atoms with E-state index >= 15 is 0 Å². The van der Waals surface area contributed by atoms with Gasteiger partial charge in [0.25, 0.3) is 5.91 Å². The smallest absolute Gasteiger partial charge is 0.254 e. The molecule has 0 saturated carbocycles. The van der Waals surface area contributed by atoms with Crippen molar-refractivity contribution >= 4 is 5.91 Å². The molecule has 0 bridgehead atoms. The molecule has 0 N–H and O–H groups in total. The van der Waals surface area contributed by atoms with Gasteiger partial charge in [-0.1, -0.05) is 62.7 Å². The summed E-state index contributed by atoms with van der Waals surface area (Å²) < 4.78 is 0. The lowest BCUT2D eigenvalue weighted by Gasteiger charge is -2.24. The third kappa shape index (κ3) is 3.87. The van der Waals surface area contributed by atoms with Crippen LogP contribution in [0.4, 0.5) is 0 Å². The highest BCUT2D eigenvalue weighted by atomic mass is 16.2. The van der Waals surface area contributed by atoms with Crippen molar-refractivity contribution in [1.29, 1.82) is 0 Å². The third-order valence-corrected chi connectivity index (χ3v) is 4.53. The number of hydrogen-bond acceptors (Lipinski definition) is 1. The standard InChI is InChI=1S/C22H29NO/c1-7-23(8-2)21(24)20-15-18(22(4,5)6)13-14-19(20)17-11-9-16(3)10-12-17/h9-15H,7-8H2,1-6H3. The molecule has 2 aromatic carbocycles. The lowest BCUT2D eigenvalue weighted by atomic mass is 9.84. The van der Waals surface area contributed by atoms with Crippen molar-refractivity contribution in [3.63, 3.8) is 0 Å². The second-order valence-corrected chi connectivity index (χ2v) is 7.35. The molecule has 0 aromatic heterocycles. The average molecular weight is 323 g/mol. The van der Waals surface area contributed by atoms with E-state index in [4.69, 9.17) is 0 Å². The highest BCUT2D eigenvalue weighted by molar-refractivity contribution is 6.01. The molecule has 1 amide bonds. The fourth-order valence-corrected chi connectivity index (χ4v) is 2.85. The van der Waals surface area contributed by atoms with E-state index < -0.39 is 0 Å². The zero-order valence-electron chi connectivity index (χ0n) is 15.8. The Hall–Kier alpha value is -2.09. The summed E-state index contributed by atoms with van der Waals surface area (Å²) in [6, 6.07) is 14.7. The maximum absolute atomic E-state index is 13.1. The highest BCUT2D eigenvalue weighted by Gasteiger charge is 2.21. The van der Waals surface area contributed by atoms with Crippen molar-refractivity contribution in [2.45, 2.75) is 47.0 Å². The van der Waals surface area contributed by atoms with E-state index in [9.17, 15) is 4.79 Å². The van der Waals surface area contributed by atoms with Crippen molar-refractivity contribution in [2.75, 3.05) is 13.1 Å². The van der Waals surface area contributed by atoms with Gasteiger partial charge in [0, 0.05) is 18.7 Å². The number of rotatable bonds is 4. The summed E-state index contributed by atoms with van der Waals surface area (Å²) in [4.78, 5) is 15.0. The van der Waals surface area contributed by atoms with Crippen LogP contribution in [-0.2, 0) is 5.41 Å². The van der Waals surface area contributed by atoms with Crippen molar-refractivity contribution in [3.8, 4) is 11.1 Å². The predicted molar refractivity (Wildman–Crippen MR) is 103 cm³/mol. The van der Waals surface area contributed by atoms with Gasteiger partial charge in [-0.25, -0.2) is 0 Å². The number of aryl methyl sites for hydroxylation is 1. The topological polar surface area (TPSA) is 20.3 Å². The lowest BCUT2D eigenvalue weighted by molar-refractivity contribution is 0.0773. The zero-order chi connectivity index (χ0) is 17.9. The lowest BCUT2D eigenvalue weighted by Crippen LogP contribution is -2.31. The van der Waals surface area contributed by atoms with Crippen LogP contribution in [0.1, 0.15) is 56.1 Å². The molecule has 0 saturated heterocycles. The Morgan fingerprint density at radius 3 is 2.04 bits per heavy atom. The second kappa shape index (κ2) is 7.21. The third-order valence-electron chi connectivity index (χ3n) is 4.53. The van der Waals surface area contributed by atoms with Gasteiger partial charge in [-0.05, 0) is 48.9 Å². The molecule has 24 heavy (non-hydrogen) atoms. The Kier molecular flexibility index (Phi) is 5.48. The van der Waals surface area contributed by atoms with Crippen LogP contribution in [0, 0.1) is 6.92 Å². The molecule has 0 heterocycles. The first-order valence-corrected chi connectivity index (χ1v) is 8.78. The van der Waals surface area contributed by atoms with Crippen molar-refractivity contribution < 1.29 is 4.79 Å². The molecule has 2 aromatic rings. The molecule has 0 atom stereocenters. The van der Waals surface area contributed by atoms with Crippen LogP contribution in [-0.4, -0.2) is 23.9 Å². The van der Waals surface area contributed by atoms with E-state index in [-0.39, 0.29) is 11.3 Å². The fraction of sp³-hybridized carbons (Fsp3) is 0.409. The van der Waals surface area contributed by atoms with Crippen molar-refractivity contribution in [3.05, 3.63) is 59.2 Å². The maximum atomic E-state index is 13.1. The largest absolute Gasteiger partial charge is 0.339 e. The summed E-state index contributed by atoms with van der Waals surface area (Å²) in [6.07, 6.45) is 0. The van der Waals surface area contributed by atoms with Crippen LogP contribution in [0.2, 0.25) is 0 Å². The summed E-state index contributed by atoms with van der Waals surface area (Å²) in [5.74, 6) is 0.113. The normalized spacial score (nSPS) is 11.4. The zero-order valence-corrected chi connectivity index (χ0v) is 15.8. The molecule has 128 valence electrons. The maximum Gasteiger partial charge on any atom is 0.254 e. The van der Waals surface area contributed by atoms with Crippen LogP contribution in [0.3, 0.4) is 0 Å². The second-order valence-electron chi connectivity index (χ2n) is 7.35. The number of hydrogen-bond donors (Lipinski definition) is 0. The van der Waals surface area contributed by atoms with Crippen molar-refractivity contribution in [1.82, 2.24) is 4.90 Å². The summed E-state index contributed by atoms with van der Waals surface area (Å²) >= 11 is 0. The number of amides is 1. The van der Waals surface area contributed by atoms with Gasteiger partial charge in [-0.2, -0.15) is 0 Å². The average Bonchev–Trinajstić information content (AvgIpc) is 2.55. The summed E-state index contributed by atoms with van der Waals surface area (Å²) in [7, 11) is 0. The van der Waals surface area contributed by atoms with E-state index in [0.717, 1.165) is 29.8 Å². The van der Waals surface area contributed by atoms with E-state index in [2.05, 4.69) is 70.2 Å². The van der Waals surface area contributed by atoms with Gasteiger partial charge in [0.1, 0.15) is 0 Å². The van der Waals surface area contributed by atoms with Crippen LogP contribution in [0.25, 0.3) is 11.1 Å². The summed E-state index contributed by atoms with van der Waals surface area (Å²) in [6.45, 7) is 14.1. The highest BCUT2D eigenvalue weighted by Crippen LogP contribution is 2.31. The molecule has 2 nitrogen and oxygen atoms in total. The Bertz CT molecular complexity index is 704. The predicted octanol–water partition coefficient (Wildman–Crippen LogP) is 5.44. The molecule has 0 radical (unpaired) electrons. The van der Waals surface area contributed by atoms with Crippen LogP contribution >= 0.6 is 0 Å². The SMILES string of the molecule is CCN(CC)C(=O)c1cc(C(C)(C)C)ccc1-c1ccc(C)cc1. The van der Waals surface area contributed by atoms with E-state index in [1.807, 2.05) is 18.7 Å². The molecule has 0 fully saturated rings. The van der Waals surface area contributed by atoms with Crippen LogP contribution in [0.5, 0.6) is 0 Å². The molecule has 2 rings (SSSR count). The quantitative estimate of drug-likeness (QED) is 0.733. The molecular formula is C22H29NO. The Labute approximate surface area is 146 Å². The first kappa shape index (κ1) is 18.3. The Morgan fingerprint density at radius 1 is 0.958 bits per heavy atom. The fourth-order valence-electron chi connectivity index (χ4n) is 2.85. The number of benzene rings is 2. The summed E-state index contributed by atoms with van der Waals surface area (Å²) in [5, 5.41) is 0. The Morgan fingerprint density at radius 2 is 1.54 bits per heavy atom. The Balaban J connectivity index is 2.61. The van der Waals surface area contributed by atoms with E-state index in [1.54, 1.807) is 0 Å². The van der Waals surface area contributed by atoms with Crippen molar-refractivity contribution in [2.24, 2.45) is 0 Å². The summed E-state index contributed by atoms with van der Waals surface area (Å²) in [5.41, 5.74) is 5.34. The molecule has 0 aliphatic heterocycles. The minimum atomic E-state index is 0.0180. The molecule has 0 unspecified atom stereocenters. The monoisotopic (exact) mass is 323 g/mol. The van der Waals surface area contributed by atoms with Crippen LogP contribution < -0.4 is 0 Å². The van der Waals surface area contributed by atoms with Crippen LogP contribution in [0.15, 0.2) is 42.5 Å². The van der Waals surface area contributed by atoms with E-state index in [1.165, 1.54) is 11.1 Å².